The van der Waals surface area contributed by atoms with Gasteiger partial charge in [-0.05, 0) is 28.1 Å². The van der Waals surface area contributed by atoms with Gasteiger partial charge in [0.15, 0.2) is 0 Å². The lowest BCUT2D eigenvalue weighted by molar-refractivity contribution is 0.587. The molecule has 2 aromatic heterocycles. The molecule has 0 bridgehead atoms. The van der Waals surface area contributed by atoms with Gasteiger partial charge in [0, 0.05) is 16.9 Å². The number of hydrogen-bond acceptors (Lipinski definition) is 3. The summed E-state index contributed by atoms with van der Waals surface area (Å²) >= 11 is 3.35. The zero-order chi connectivity index (χ0) is 11.8. The van der Waals surface area contributed by atoms with E-state index in [1.54, 1.807) is 6.20 Å². The monoisotopic (exact) mass is 303 g/mol. The fourth-order valence-corrected chi connectivity index (χ4v) is 2.07. The van der Waals surface area contributed by atoms with Crippen LogP contribution in [0.3, 0.4) is 0 Å². The lowest BCUT2D eigenvalue weighted by Crippen LogP contribution is -2.21. The van der Waals surface area contributed by atoms with Crippen molar-refractivity contribution in [1.29, 1.82) is 0 Å². The normalized spacial score (nSPS) is 12.1. The summed E-state index contributed by atoms with van der Waals surface area (Å²) in [6.45, 7) is 0.206. The van der Waals surface area contributed by atoms with Crippen LogP contribution in [0.1, 0.15) is 5.69 Å². The average Bonchev–Trinajstić information content (AvgIpc) is 2.55. The van der Waals surface area contributed by atoms with Crippen molar-refractivity contribution in [2.45, 2.75) is 6.54 Å². The molecular formula is C9H10BrN3O2S. The van der Waals surface area contributed by atoms with Crippen LogP contribution in [0.5, 0.6) is 0 Å². The average molecular weight is 304 g/mol. The van der Waals surface area contributed by atoms with E-state index in [9.17, 15) is 8.42 Å². The minimum absolute atomic E-state index is 0.206. The molecule has 0 saturated heterocycles. The van der Waals surface area contributed by atoms with E-state index >= 15 is 0 Å². The van der Waals surface area contributed by atoms with E-state index < -0.39 is 10.0 Å². The highest BCUT2D eigenvalue weighted by Gasteiger charge is 2.05. The molecule has 0 amide bonds. The van der Waals surface area contributed by atoms with Crippen LogP contribution in [0.4, 0.5) is 0 Å². The highest BCUT2D eigenvalue weighted by molar-refractivity contribution is 9.10. The van der Waals surface area contributed by atoms with Crippen molar-refractivity contribution in [1.82, 2.24) is 14.1 Å². The summed E-state index contributed by atoms with van der Waals surface area (Å²) in [5.74, 6) is 0. The third-order valence-electron chi connectivity index (χ3n) is 1.98. The van der Waals surface area contributed by atoms with Crippen molar-refractivity contribution < 1.29 is 8.42 Å². The number of fused-ring (bicyclic) bond motifs is 1. The molecule has 2 heterocycles. The molecule has 0 saturated carbocycles. The summed E-state index contributed by atoms with van der Waals surface area (Å²) in [7, 11) is -3.18. The molecule has 0 aromatic carbocycles. The molecule has 0 atom stereocenters. The molecule has 2 rings (SSSR count). The van der Waals surface area contributed by atoms with Gasteiger partial charge in [0.1, 0.15) is 5.65 Å². The van der Waals surface area contributed by atoms with Crippen LogP contribution in [0, 0.1) is 0 Å². The molecule has 0 aliphatic carbocycles. The smallest absolute Gasteiger partial charge is 0.209 e. The molecular weight excluding hydrogens is 294 g/mol. The fraction of sp³-hybridized carbons (Fsp3) is 0.222. The molecule has 5 nitrogen and oxygen atoms in total. The van der Waals surface area contributed by atoms with Gasteiger partial charge in [-0.3, -0.25) is 0 Å². The molecule has 0 fully saturated rings. The van der Waals surface area contributed by atoms with E-state index in [1.807, 2.05) is 22.7 Å². The number of nitrogens with one attached hydrogen (secondary N) is 1. The van der Waals surface area contributed by atoms with Crippen molar-refractivity contribution in [2.24, 2.45) is 0 Å². The van der Waals surface area contributed by atoms with E-state index in [2.05, 4.69) is 25.6 Å². The van der Waals surface area contributed by atoms with Gasteiger partial charge in [-0.1, -0.05) is 0 Å². The Morgan fingerprint density at radius 2 is 2.19 bits per heavy atom. The molecule has 2 aromatic rings. The minimum atomic E-state index is -3.18. The maximum absolute atomic E-state index is 10.9. The maximum atomic E-state index is 10.9. The first kappa shape index (κ1) is 11.6. The highest BCUT2D eigenvalue weighted by atomic mass is 79.9. The molecule has 86 valence electrons. The summed E-state index contributed by atoms with van der Waals surface area (Å²) in [5.41, 5.74) is 1.47. The zero-order valence-electron chi connectivity index (χ0n) is 8.51. The Labute approximate surface area is 102 Å². The Bertz CT molecular complexity index is 621. The number of nitrogens with zero attached hydrogens (tertiary/aromatic N) is 2. The maximum Gasteiger partial charge on any atom is 0.209 e. The first-order chi connectivity index (χ1) is 7.44. The van der Waals surface area contributed by atoms with Gasteiger partial charge >= 0.3 is 0 Å². The van der Waals surface area contributed by atoms with Gasteiger partial charge in [-0.15, -0.1) is 0 Å². The number of rotatable bonds is 3. The Kier molecular flexibility index (Phi) is 3.00. The lowest BCUT2D eigenvalue weighted by atomic mass is 10.5. The predicted molar refractivity (Wildman–Crippen MR) is 64.6 cm³/mol. The van der Waals surface area contributed by atoms with Crippen LogP contribution in [0.2, 0.25) is 0 Å². The van der Waals surface area contributed by atoms with Crippen LogP contribution in [0.25, 0.3) is 5.65 Å². The Morgan fingerprint density at radius 3 is 2.88 bits per heavy atom. The summed E-state index contributed by atoms with van der Waals surface area (Å²) in [6, 6.07) is 3.74. The number of sulfonamides is 1. The topological polar surface area (TPSA) is 63.5 Å². The Balaban J connectivity index is 2.26. The SMILES string of the molecule is CS(=O)(=O)NCc1cn2cc(Br)ccc2n1. The van der Waals surface area contributed by atoms with Crippen molar-refractivity contribution >= 4 is 31.6 Å². The standard InChI is InChI=1S/C9H10BrN3O2S/c1-16(14,15)11-4-8-6-13-5-7(10)2-3-9(13)12-8/h2-3,5-6,11H,4H2,1H3. The zero-order valence-corrected chi connectivity index (χ0v) is 10.9. The predicted octanol–water partition coefficient (Wildman–Crippen LogP) is 1.15. The Hall–Kier alpha value is -0.920. The van der Waals surface area contributed by atoms with Crippen LogP contribution in [-0.4, -0.2) is 24.1 Å². The fourth-order valence-electron chi connectivity index (χ4n) is 1.31. The van der Waals surface area contributed by atoms with Gasteiger partial charge in [-0.2, -0.15) is 0 Å². The molecule has 0 radical (unpaired) electrons. The first-order valence-electron chi connectivity index (χ1n) is 4.52. The van der Waals surface area contributed by atoms with Gasteiger partial charge in [0.05, 0.1) is 18.5 Å². The first-order valence-corrected chi connectivity index (χ1v) is 7.20. The molecule has 0 unspecified atom stereocenters. The van der Waals surface area contributed by atoms with Gasteiger partial charge < -0.3 is 4.40 Å². The summed E-state index contributed by atoms with van der Waals surface area (Å²) in [6.07, 6.45) is 4.78. The van der Waals surface area contributed by atoms with Crippen LogP contribution >= 0.6 is 15.9 Å². The van der Waals surface area contributed by atoms with Crippen molar-refractivity contribution in [3.63, 3.8) is 0 Å². The number of imidazole rings is 1. The van der Waals surface area contributed by atoms with Gasteiger partial charge in [0.2, 0.25) is 10.0 Å². The quantitative estimate of drug-likeness (QED) is 0.925. The third-order valence-corrected chi connectivity index (χ3v) is 3.12. The van der Waals surface area contributed by atoms with Gasteiger partial charge in [0.25, 0.3) is 0 Å². The molecule has 0 spiro atoms. The van der Waals surface area contributed by atoms with E-state index in [0.717, 1.165) is 16.4 Å². The molecule has 7 heteroatoms. The molecule has 16 heavy (non-hydrogen) atoms. The second-order valence-electron chi connectivity index (χ2n) is 3.44. The highest BCUT2D eigenvalue weighted by Crippen LogP contribution is 2.12. The Morgan fingerprint density at radius 1 is 1.44 bits per heavy atom. The van der Waals surface area contributed by atoms with Crippen LogP contribution in [-0.2, 0) is 16.6 Å². The third kappa shape index (κ3) is 2.81. The van der Waals surface area contributed by atoms with E-state index in [4.69, 9.17) is 0 Å². The van der Waals surface area contributed by atoms with Crippen molar-refractivity contribution in [3.05, 3.63) is 34.7 Å². The largest absolute Gasteiger partial charge is 0.306 e. The number of hydrogen-bond donors (Lipinski definition) is 1. The van der Waals surface area contributed by atoms with Gasteiger partial charge in [-0.25, -0.2) is 18.1 Å². The van der Waals surface area contributed by atoms with E-state index in [1.165, 1.54) is 0 Å². The number of halogens is 1. The van der Waals surface area contributed by atoms with E-state index in [-0.39, 0.29) is 6.54 Å². The summed E-state index contributed by atoms with van der Waals surface area (Å²) in [4.78, 5) is 4.27. The molecule has 1 N–H and O–H groups in total. The number of aromatic nitrogens is 2. The summed E-state index contributed by atoms with van der Waals surface area (Å²) in [5, 5.41) is 0. The minimum Gasteiger partial charge on any atom is -0.306 e. The van der Waals surface area contributed by atoms with E-state index in [0.29, 0.717) is 5.69 Å². The molecule has 0 aliphatic heterocycles. The van der Waals surface area contributed by atoms with Crippen LogP contribution < -0.4 is 4.72 Å². The second kappa shape index (κ2) is 4.15. The lowest BCUT2D eigenvalue weighted by Gasteiger charge is -1.96. The summed E-state index contributed by atoms with van der Waals surface area (Å²) < 4.78 is 27.0. The van der Waals surface area contributed by atoms with Crippen LogP contribution in [0.15, 0.2) is 29.0 Å². The second-order valence-corrected chi connectivity index (χ2v) is 6.19. The number of pyridine rings is 1. The van der Waals surface area contributed by atoms with Crippen molar-refractivity contribution in [3.8, 4) is 0 Å². The van der Waals surface area contributed by atoms with Crippen molar-refractivity contribution in [2.75, 3.05) is 6.26 Å². The molecule has 0 aliphatic rings.